The average molecular weight is 625 g/mol. The van der Waals surface area contributed by atoms with E-state index in [-0.39, 0.29) is 0 Å². The van der Waals surface area contributed by atoms with Crippen molar-refractivity contribution >= 4 is 27.3 Å². The van der Waals surface area contributed by atoms with Crippen LogP contribution in [0.25, 0.3) is 49.7 Å². The van der Waals surface area contributed by atoms with Crippen molar-refractivity contribution in [2.24, 2.45) is 7.05 Å². The number of imidazole rings is 1. The summed E-state index contributed by atoms with van der Waals surface area (Å²) in [5.41, 5.74) is 13.2. The molecule has 2 aromatic heterocycles. The maximum atomic E-state index is 9.36. The van der Waals surface area contributed by atoms with Crippen LogP contribution in [-0.2, 0) is 17.9 Å². The number of hydrogen-bond acceptors (Lipinski definition) is 0. The van der Waals surface area contributed by atoms with Gasteiger partial charge in [0, 0.05) is 36.8 Å². The molecule has 1 atom stereocenters. The predicted molar refractivity (Wildman–Crippen MR) is 202 cm³/mol. The Morgan fingerprint density at radius 1 is 0.723 bits per heavy atom. The number of aromatic nitrogens is 2. The summed E-state index contributed by atoms with van der Waals surface area (Å²) in [6.07, 6.45) is 0. The van der Waals surface area contributed by atoms with Crippen LogP contribution in [0.2, 0.25) is 0 Å². The fourth-order valence-corrected chi connectivity index (χ4v) is 8.39. The van der Waals surface area contributed by atoms with Gasteiger partial charge in [-0.3, -0.25) is 0 Å². The van der Waals surface area contributed by atoms with Crippen molar-refractivity contribution in [1.82, 2.24) is 4.40 Å². The Morgan fingerprint density at radius 3 is 1.94 bits per heavy atom. The van der Waals surface area contributed by atoms with Crippen LogP contribution in [0.4, 0.5) is 0 Å². The van der Waals surface area contributed by atoms with Crippen LogP contribution in [0.3, 0.4) is 0 Å². The Labute approximate surface area is 286 Å². The Kier molecular flexibility index (Phi) is 6.31. The largest absolute Gasteiger partial charge is 0.295 e. The van der Waals surface area contributed by atoms with E-state index in [1.54, 1.807) is 0 Å². The summed E-state index contributed by atoms with van der Waals surface area (Å²) < 4.78 is 32.7. The predicted octanol–water partition coefficient (Wildman–Crippen LogP) is 12.0. The average Bonchev–Trinajstić information content (AvgIpc) is 3.36. The summed E-state index contributed by atoms with van der Waals surface area (Å²) >= 11 is 0. The van der Waals surface area contributed by atoms with Crippen molar-refractivity contribution in [3.05, 3.63) is 106 Å². The monoisotopic (exact) mass is 624 g/mol. The second-order valence-electron chi connectivity index (χ2n) is 15.9. The van der Waals surface area contributed by atoms with Gasteiger partial charge < -0.3 is 0 Å². The Hall–Kier alpha value is -3.91. The van der Waals surface area contributed by atoms with Gasteiger partial charge in [0.15, 0.2) is 11.4 Å². The van der Waals surface area contributed by atoms with Crippen molar-refractivity contribution in [1.29, 1.82) is 0 Å². The number of rotatable bonds is 5. The first-order valence-electron chi connectivity index (χ1n) is 19.0. The number of aryl methyl sites for hydroxylation is 3. The molecule has 0 spiro atoms. The smallest absolute Gasteiger partial charge is 0.225 e. The third-order valence-electron chi connectivity index (χ3n) is 11.8. The van der Waals surface area contributed by atoms with Gasteiger partial charge in [-0.1, -0.05) is 124 Å². The van der Waals surface area contributed by atoms with E-state index >= 15 is 0 Å². The highest BCUT2D eigenvalue weighted by Crippen LogP contribution is 2.55. The molecule has 3 heterocycles. The summed E-state index contributed by atoms with van der Waals surface area (Å²) in [5.74, 6) is 1.06. The van der Waals surface area contributed by atoms with Gasteiger partial charge >= 0.3 is 0 Å². The lowest BCUT2D eigenvalue weighted by Gasteiger charge is -2.43. The van der Waals surface area contributed by atoms with Crippen LogP contribution in [0.5, 0.6) is 0 Å². The molecule has 1 aliphatic heterocycles. The molecule has 4 aromatic carbocycles. The molecule has 47 heavy (non-hydrogen) atoms. The van der Waals surface area contributed by atoms with Gasteiger partial charge in [0.25, 0.3) is 5.65 Å². The second-order valence-corrected chi connectivity index (χ2v) is 15.9. The maximum Gasteiger partial charge on any atom is 0.295 e. The molecular formula is C45H53N2+. The summed E-state index contributed by atoms with van der Waals surface area (Å²) in [4.78, 5) is 0. The second kappa shape index (κ2) is 10.5. The first kappa shape index (κ1) is 28.1. The molecule has 2 nitrogen and oxygen atoms in total. The molecule has 0 amide bonds. The number of pyridine rings is 1. The van der Waals surface area contributed by atoms with E-state index in [1.165, 1.54) is 55.1 Å². The zero-order valence-electron chi connectivity index (χ0n) is 33.5. The molecule has 0 aliphatic carbocycles. The maximum absolute atomic E-state index is 9.36. The molecule has 6 aromatic rings. The number of fused-ring (bicyclic) bond motifs is 3. The number of nitrogens with zero attached hydrogens (tertiary/aromatic N) is 2. The molecule has 2 heteroatoms. The van der Waals surface area contributed by atoms with Crippen LogP contribution in [0, 0.1) is 13.8 Å². The first-order chi connectivity index (χ1) is 23.3. The summed E-state index contributed by atoms with van der Waals surface area (Å²) in [6, 6.07) is 24.6. The summed E-state index contributed by atoms with van der Waals surface area (Å²) in [6.45, 7) is 22.2. The third-order valence-corrected chi connectivity index (χ3v) is 11.8. The standard InChI is InChI=1S/C45H53N2/c1-25(2)31-21-34(26(3)4)39(35(22-31)27(5)6)32-23-36-33-20-19-28(7)29(8)38(33)43-46(13)40(30-17-15-14-16-18-30)42-45(11,12)44(9,10)37(24-32)41(36)47(42)43/h14-27H,1-13H3/q+1/i11D3. The fraction of sp³-hybridized carbons (Fsp3) is 0.400. The highest BCUT2D eigenvalue weighted by atomic mass is 15.1. The van der Waals surface area contributed by atoms with Crippen molar-refractivity contribution in [2.45, 2.75) is 112 Å². The van der Waals surface area contributed by atoms with E-state index in [0.29, 0.717) is 17.8 Å². The molecule has 0 saturated heterocycles. The molecule has 1 aliphatic rings. The van der Waals surface area contributed by atoms with Crippen molar-refractivity contribution in [3.63, 3.8) is 0 Å². The lowest BCUT2D eigenvalue weighted by Crippen LogP contribution is -2.44. The van der Waals surface area contributed by atoms with E-state index in [9.17, 15) is 4.11 Å². The fourth-order valence-electron chi connectivity index (χ4n) is 8.39. The number of benzene rings is 4. The van der Waals surface area contributed by atoms with Gasteiger partial charge in [-0.05, 0) is 82.7 Å². The van der Waals surface area contributed by atoms with Crippen molar-refractivity contribution in [3.8, 4) is 22.4 Å². The van der Waals surface area contributed by atoms with E-state index < -0.39 is 17.7 Å². The molecular weight excluding hydrogens is 569 g/mol. The van der Waals surface area contributed by atoms with Gasteiger partial charge in [-0.25, -0.2) is 4.57 Å². The van der Waals surface area contributed by atoms with Gasteiger partial charge in [-0.2, -0.15) is 4.40 Å². The molecule has 1 unspecified atom stereocenters. The summed E-state index contributed by atoms with van der Waals surface area (Å²) in [7, 11) is 2.13. The number of hydrogen-bond donors (Lipinski definition) is 0. The van der Waals surface area contributed by atoms with Gasteiger partial charge in [-0.15, -0.1) is 0 Å². The highest BCUT2D eigenvalue weighted by Gasteiger charge is 2.53. The minimum atomic E-state index is -2.30. The van der Waals surface area contributed by atoms with Crippen LogP contribution >= 0.6 is 0 Å². The summed E-state index contributed by atoms with van der Waals surface area (Å²) in [5, 5.41) is 3.57. The van der Waals surface area contributed by atoms with Crippen LogP contribution < -0.4 is 4.57 Å². The Bertz CT molecular complexity index is 2320. The highest BCUT2D eigenvalue weighted by molar-refractivity contribution is 6.15. The normalized spacial score (nSPS) is 18.7. The first-order valence-corrected chi connectivity index (χ1v) is 17.5. The quantitative estimate of drug-likeness (QED) is 0.133. The minimum absolute atomic E-state index is 0.321. The van der Waals surface area contributed by atoms with Gasteiger partial charge in [0.05, 0.1) is 12.4 Å². The van der Waals surface area contributed by atoms with Crippen molar-refractivity contribution < 1.29 is 8.68 Å². The van der Waals surface area contributed by atoms with Crippen LogP contribution in [0.15, 0.2) is 66.7 Å². The zero-order chi connectivity index (χ0) is 36.4. The van der Waals surface area contributed by atoms with E-state index in [4.69, 9.17) is 0 Å². The lowest BCUT2D eigenvalue weighted by atomic mass is 9.59. The molecule has 0 fully saturated rings. The Balaban J connectivity index is 1.81. The van der Waals surface area contributed by atoms with Crippen LogP contribution in [-0.4, -0.2) is 4.40 Å². The van der Waals surface area contributed by atoms with E-state index in [1.807, 2.05) is 13.0 Å². The van der Waals surface area contributed by atoms with Crippen molar-refractivity contribution in [2.75, 3.05) is 0 Å². The Morgan fingerprint density at radius 2 is 1.36 bits per heavy atom. The van der Waals surface area contributed by atoms with Gasteiger partial charge in [0.2, 0.25) is 0 Å². The third kappa shape index (κ3) is 4.25. The van der Waals surface area contributed by atoms with Gasteiger partial charge in [0.1, 0.15) is 5.52 Å². The molecule has 0 N–H and O–H groups in total. The van der Waals surface area contributed by atoms with E-state index in [2.05, 4.69) is 146 Å². The molecule has 7 rings (SSSR count). The molecule has 0 saturated carbocycles. The molecule has 242 valence electrons. The molecule has 0 radical (unpaired) electrons. The SMILES string of the molecule is [2H]C([2H])([2H])C1(C)c2c(-c3ccccc3)[n+](C)c3c4c(C)c(C)ccc4c4cc(-c5c(C(C)C)cc(C(C)C)cc5C(C)C)cc(c4n23)C1(C)C. The lowest BCUT2D eigenvalue weighted by molar-refractivity contribution is -0.632. The molecule has 0 bridgehead atoms. The topological polar surface area (TPSA) is 8.29 Å². The zero-order valence-corrected chi connectivity index (χ0v) is 30.5. The minimum Gasteiger partial charge on any atom is -0.225 e. The van der Waals surface area contributed by atoms with Crippen LogP contribution in [0.1, 0.15) is 130 Å². The van der Waals surface area contributed by atoms with E-state index in [0.717, 1.165) is 33.7 Å².